The van der Waals surface area contributed by atoms with Crippen molar-refractivity contribution in [2.24, 2.45) is 0 Å². The Morgan fingerprint density at radius 2 is 1.82 bits per heavy atom. The van der Waals surface area contributed by atoms with Crippen LogP contribution < -0.4 is 34.7 Å². The summed E-state index contributed by atoms with van der Waals surface area (Å²) in [6.07, 6.45) is 2.89. The monoisotopic (exact) mass is 404 g/mol. The van der Waals surface area contributed by atoms with Crippen LogP contribution in [0.2, 0.25) is 0 Å². The first-order chi connectivity index (χ1) is 12.9. The predicted molar refractivity (Wildman–Crippen MR) is 95.0 cm³/mol. The summed E-state index contributed by atoms with van der Waals surface area (Å²) in [5, 5.41) is 10.4. The molecule has 0 bridgehead atoms. The van der Waals surface area contributed by atoms with Crippen molar-refractivity contribution in [1.29, 1.82) is 0 Å². The number of amides is 1. The Kier molecular flexibility index (Phi) is 5.58. The molecule has 1 aromatic heterocycles. The molecule has 2 aromatic rings. The molecule has 2 aliphatic heterocycles. The van der Waals surface area contributed by atoms with E-state index in [1.54, 1.807) is 48.5 Å². The molecule has 1 amide bonds. The third-order valence-electron chi connectivity index (χ3n) is 4.49. The molecule has 2 aliphatic rings. The van der Waals surface area contributed by atoms with Crippen molar-refractivity contribution in [3.8, 4) is 0 Å². The topological polar surface area (TPSA) is 107 Å². The average molecular weight is 404 g/mol. The third-order valence-corrected chi connectivity index (χ3v) is 6.32. The number of carbonyl (C=O) groups is 2. The minimum absolute atomic E-state index is 0. The van der Waals surface area contributed by atoms with Crippen molar-refractivity contribution in [2.75, 3.05) is 5.75 Å². The smallest absolute Gasteiger partial charge is 0.543 e. The molecule has 0 aliphatic carbocycles. The second kappa shape index (κ2) is 7.63. The van der Waals surface area contributed by atoms with Gasteiger partial charge >= 0.3 is 29.6 Å². The summed E-state index contributed by atoms with van der Waals surface area (Å²) < 4.78 is 25.7. The number of fused-ring (bicyclic) bond motifs is 1. The maximum Gasteiger partial charge on any atom is 1.00 e. The van der Waals surface area contributed by atoms with E-state index in [2.05, 4.69) is 4.98 Å². The number of carbonyl (C=O) groups excluding carboxylic acids is 2. The largest absolute Gasteiger partial charge is 1.00 e. The van der Waals surface area contributed by atoms with Crippen LogP contribution in [0.3, 0.4) is 0 Å². The molecule has 1 atom stereocenters. The molecular formula is C19H13N2NaO5S. The SMILES string of the molecule is O=C([O-])C1=C(c2ccccc2)CS(=O)(=O)[C@@H]2/C(=C/c3ccccn3)C(=O)N12.[Na+]. The van der Waals surface area contributed by atoms with Crippen molar-refractivity contribution < 1.29 is 52.7 Å². The summed E-state index contributed by atoms with van der Waals surface area (Å²) in [6, 6.07) is 13.3. The maximum atomic E-state index is 12.8. The molecule has 3 heterocycles. The number of hydrogen-bond acceptors (Lipinski definition) is 6. The van der Waals surface area contributed by atoms with Gasteiger partial charge in [-0.3, -0.25) is 14.7 Å². The number of aliphatic carboxylic acids is 1. The Morgan fingerprint density at radius 3 is 2.43 bits per heavy atom. The van der Waals surface area contributed by atoms with Crippen LogP contribution in [0.5, 0.6) is 0 Å². The van der Waals surface area contributed by atoms with Gasteiger partial charge in [-0.25, -0.2) is 8.42 Å². The minimum atomic E-state index is -3.83. The Hall–Kier alpha value is -2.26. The molecule has 1 saturated heterocycles. The van der Waals surface area contributed by atoms with Crippen molar-refractivity contribution >= 4 is 33.4 Å². The fourth-order valence-corrected chi connectivity index (χ4v) is 5.27. The molecule has 0 saturated carbocycles. The molecule has 28 heavy (non-hydrogen) atoms. The fourth-order valence-electron chi connectivity index (χ4n) is 3.33. The van der Waals surface area contributed by atoms with Gasteiger partial charge < -0.3 is 9.90 Å². The minimum Gasteiger partial charge on any atom is -0.543 e. The van der Waals surface area contributed by atoms with Gasteiger partial charge in [-0.15, -0.1) is 0 Å². The Labute approximate surface area is 183 Å². The average Bonchev–Trinajstić information content (AvgIpc) is 2.66. The number of β-lactam (4-membered cyclic amide) rings is 1. The van der Waals surface area contributed by atoms with Crippen molar-refractivity contribution in [2.45, 2.75) is 5.37 Å². The van der Waals surface area contributed by atoms with Crippen LogP contribution in [-0.4, -0.2) is 41.3 Å². The first-order valence-electron chi connectivity index (χ1n) is 8.08. The molecule has 0 spiro atoms. The van der Waals surface area contributed by atoms with Gasteiger partial charge in [0.05, 0.1) is 28.7 Å². The first kappa shape index (κ1) is 20.5. The molecule has 1 aromatic carbocycles. The van der Waals surface area contributed by atoms with Crippen LogP contribution in [0.4, 0.5) is 0 Å². The molecule has 0 N–H and O–H groups in total. The van der Waals surface area contributed by atoms with Crippen molar-refractivity contribution in [3.05, 3.63) is 77.3 Å². The number of rotatable bonds is 3. The molecule has 9 heteroatoms. The fraction of sp³-hybridized carbons (Fsp3) is 0.105. The molecule has 0 radical (unpaired) electrons. The number of aromatic nitrogens is 1. The molecule has 7 nitrogen and oxygen atoms in total. The van der Waals surface area contributed by atoms with E-state index >= 15 is 0 Å². The van der Waals surface area contributed by atoms with Gasteiger partial charge in [-0.2, -0.15) is 0 Å². The van der Waals surface area contributed by atoms with Crippen LogP contribution in [0.1, 0.15) is 11.3 Å². The van der Waals surface area contributed by atoms with Crippen LogP contribution in [0.25, 0.3) is 11.6 Å². The van der Waals surface area contributed by atoms with Gasteiger partial charge in [-0.05, 0) is 23.8 Å². The number of hydrogen-bond donors (Lipinski definition) is 0. The summed E-state index contributed by atoms with van der Waals surface area (Å²) in [7, 11) is -3.83. The van der Waals surface area contributed by atoms with E-state index < -0.39 is 38.5 Å². The van der Waals surface area contributed by atoms with Gasteiger partial charge in [0.15, 0.2) is 15.2 Å². The second-order valence-corrected chi connectivity index (χ2v) is 8.23. The van der Waals surface area contributed by atoms with E-state index in [0.29, 0.717) is 11.3 Å². The first-order valence-corrected chi connectivity index (χ1v) is 9.79. The van der Waals surface area contributed by atoms with E-state index in [-0.39, 0.29) is 40.7 Å². The van der Waals surface area contributed by atoms with Gasteiger partial charge in [0.1, 0.15) is 0 Å². The van der Waals surface area contributed by atoms with E-state index in [1.807, 2.05) is 0 Å². The Balaban J connectivity index is 0.00000225. The van der Waals surface area contributed by atoms with Crippen LogP contribution in [0, 0.1) is 0 Å². The standard InChI is InChI=1S/C19H14N2O5S.Na/c22-17-14(10-13-8-4-5-9-20-13)18-21(17)16(19(23)24)15(11-27(18,25)26)12-6-2-1-3-7-12;/h1-10,18H,11H2,(H,23,24);/q;+1/p-1/b14-10+;/t18-;/m1./s1. The number of carboxylic acid groups (broad SMARTS) is 1. The normalized spacial score (nSPS) is 21.6. The Bertz CT molecular complexity index is 1110. The zero-order valence-electron chi connectivity index (χ0n) is 14.9. The summed E-state index contributed by atoms with van der Waals surface area (Å²) >= 11 is 0. The van der Waals surface area contributed by atoms with Gasteiger partial charge in [0.2, 0.25) is 0 Å². The van der Waals surface area contributed by atoms with E-state index in [1.165, 1.54) is 12.3 Å². The molecule has 1 fully saturated rings. The predicted octanol–water partition coefficient (Wildman–Crippen LogP) is -2.77. The second-order valence-electron chi connectivity index (χ2n) is 6.17. The van der Waals surface area contributed by atoms with Gasteiger partial charge in [0.25, 0.3) is 5.91 Å². The molecule has 136 valence electrons. The summed E-state index contributed by atoms with van der Waals surface area (Å²) in [4.78, 5) is 29.2. The Morgan fingerprint density at radius 1 is 1.14 bits per heavy atom. The quantitative estimate of drug-likeness (QED) is 0.311. The van der Waals surface area contributed by atoms with E-state index in [4.69, 9.17) is 0 Å². The summed E-state index contributed by atoms with van der Waals surface area (Å²) in [5.74, 6) is -2.76. The zero-order valence-corrected chi connectivity index (χ0v) is 17.7. The van der Waals surface area contributed by atoms with E-state index in [9.17, 15) is 23.1 Å². The molecular weight excluding hydrogens is 391 g/mol. The number of pyridine rings is 1. The van der Waals surface area contributed by atoms with Crippen molar-refractivity contribution in [1.82, 2.24) is 9.88 Å². The van der Waals surface area contributed by atoms with Crippen LogP contribution in [-0.2, 0) is 19.4 Å². The number of carboxylic acids is 1. The molecule has 0 unspecified atom stereocenters. The number of nitrogens with zero attached hydrogens (tertiary/aromatic N) is 2. The van der Waals surface area contributed by atoms with Crippen LogP contribution >= 0.6 is 0 Å². The summed E-state index contributed by atoms with van der Waals surface area (Å²) in [6.45, 7) is 0. The van der Waals surface area contributed by atoms with Crippen molar-refractivity contribution in [3.63, 3.8) is 0 Å². The van der Waals surface area contributed by atoms with E-state index in [0.717, 1.165) is 4.90 Å². The molecule has 4 rings (SSSR count). The zero-order chi connectivity index (χ0) is 19.2. The third kappa shape index (κ3) is 3.33. The number of benzene rings is 1. The summed E-state index contributed by atoms with van der Waals surface area (Å²) in [5.41, 5.74) is 0.498. The maximum absolute atomic E-state index is 12.8. The number of sulfone groups is 1. The van der Waals surface area contributed by atoms with Gasteiger partial charge in [-0.1, -0.05) is 36.4 Å². The van der Waals surface area contributed by atoms with Gasteiger partial charge in [0, 0.05) is 11.8 Å². The van der Waals surface area contributed by atoms with Crippen LogP contribution in [0.15, 0.2) is 66.0 Å².